The van der Waals surface area contributed by atoms with E-state index in [0.717, 1.165) is 5.56 Å². The van der Waals surface area contributed by atoms with E-state index in [1.54, 1.807) is 36.4 Å². The summed E-state index contributed by atoms with van der Waals surface area (Å²) < 4.78 is 71.3. The molecule has 0 unspecified atom stereocenters. The van der Waals surface area contributed by atoms with Crippen LogP contribution in [0.3, 0.4) is 0 Å². The molecule has 3 amide bonds. The molecule has 406 valence electrons. The van der Waals surface area contributed by atoms with Crippen LogP contribution in [0.25, 0.3) is 0 Å². The van der Waals surface area contributed by atoms with E-state index in [1.807, 2.05) is 26.0 Å². The molecular formula is C62H62F3N3O10. The number of ether oxygens (including phenoxy) is 5. The third-order valence-electron chi connectivity index (χ3n) is 12.7. The highest BCUT2D eigenvalue weighted by molar-refractivity contribution is 5.94. The number of carbonyl (C=O) groups excluding carboxylic acids is 3. The van der Waals surface area contributed by atoms with E-state index in [0.29, 0.717) is 104 Å². The molecule has 78 heavy (non-hydrogen) atoms. The summed E-state index contributed by atoms with van der Waals surface area (Å²) in [4.78, 5) is 40.9. The molecule has 7 aromatic carbocycles. The van der Waals surface area contributed by atoms with Crippen molar-refractivity contribution in [2.45, 2.75) is 78.6 Å². The third-order valence-corrected chi connectivity index (χ3v) is 12.7. The van der Waals surface area contributed by atoms with E-state index in [9.17, 15) is 37.8 Å². The number of hydrogen-bond acceptors (Lipinski definition) is 10. The number of nitrogens with one attached hydrogen (secondary N) is 3. The molecule has 8 bridgehead atoms. The van der Waals surface area contributed by atoms with Crippen molar-refractivity contribution in [3.63, 3.8) is 0 Å². The van der Waals surface area contributed by atoms with Crippen molar-refractivity contribution in [3.8, 4) is 40.2 Å². The summed E-state index contributed by atoms with van der Waals surface area (Å²) in [6.07, 6.45) is 1.47. The molecule has 0 aromatic heterocycles. The Balaban J connectivity index is 1.29. The molecule has 8 rings (SSSR count). The largest absolute Gasteiger partial charge is 0.507 e. The first-order valence-corrected chi connectivity index (χ1v) is 25.7. The van der Waals surface area contributed by atoms with Crippen molar-refractivity contribution < 1.29 is 61.5 Å². The van der Waals surface area contributed by atoms with E-state index in [2.05, 4.69) is 36.7 Å². The summed E-state index contributed by atoms with van der Waals surface area (Å²) in [5.41, 5.74) is 5.61. The number of fused-ring (bicyclic) bond motifs is 8. The van der Waals surface area contributed by atoms with Gasteiger partial charge in [-0.1, -0.05) is 46.8 Å². The normalized spacial score (nSPS) is 12.0. The molecule has 5 N–H and O–H groups in total. The Hall–Kier alpha value is -8.66. The highest BCUT2D eigenvalue weighted by Gasteiger charge is 2.26. The lowest BCUT2D eigenvalue weighted by Gasteiger charge is -2.26. The van der Waals surface area contributed by atoms with Gasteiger partial charge >= 0.3 is 0 Å². The lowest BCUT2D eigenvalue weighted by molar-refractivity contribution is -0.118. The van der Waals surface area contributed by atoms with Crippen LogP contribution in [0.15, 0.2) is 121 Å². The van der Waals surface area contributed by atoms with Crippen LogP contribution in [0.2, 0.25) is 0 Å². The summed E-state index contributed by atoms with van der Waals surface area (Å²) in [6, 6.07) is 30.0. The number of anilines is 3. The van der Waals surface area contributed by atoms with Crippen molar-refractivity contribution in [2.24, 2.45) is 0 Å². The van der Waals surface area contributed by atoms with Crippen LogP contribution in [-0.4, -0.2) is 61.0 Å². The number of carbonyl (C=O) groups is 3. The summed E-state index contributed by atoms with van der Waals surface area (Å²) >= 11 is 0. The topological polar surface area (TPSA) is 174 Å². The minimum Gasteiger partial charge on any atom is -0.507 e. The van der Waals surface area contributed by atoms with Gasteiger partial charge in [-0.05, 0) is 144 Å². The van der Waals surface area contributed by atoms with Gasteiger partial charge in [-0.3, -0.25) is 14.4 Å². The molecule has 16 heteroatoms. The number of rotatable bonds is 18. The predicted octanol–water partition coefficient (Wildman–Crippen LogP) is 12.1. The van der Waals surface area contributed by atoms with Gasteiger partial charge in [-0.2, -0.15) is 0 Å². The fourth-order valence-corrected chi connectivity index (χ4v) is 8.97. The second kappa shape index (κ2) is 25.0. The minimum atomic E-state index is -0.548. The maximum absolute atomic E-state index is 13.7. The van der Waals surface area contributed by atoms with E-state index in [4.69, 9.17) is 23.7 Å². The van der Waals surface area contributed by atoms with Gasteiger partial charge in [0.2, 0.25) is 0 Å². The summed E-state index contributed by atoms with van der Waals surface area (Å²) in [7, 11) is 0. The van der Waals surface area contributed by atoms with Crippen LogP contribution >= 0.6 is 0 Å². The maximum Gasteiger partial charge on any atom is 0.262 e. The Morgan fingerprint density at radius 2 is 0.705 bits per heavy atom. The number of phenolic OH excluding ortho intramolecular Hbond substituents is 2. The Morgan fingerprint density at radius 1 is 0.436 bits per heavy atom. The zero-order valence-electron chi connectivity index (χ0n) is 44.1. The lowest BCUT2D eigenvalue weighted by Crippen LogP contribution is -2.21. The van der Waals surface area contributed by atoms with Crippen LogP contribution < -0.4 is 39.6 Å². The molecule has 7 aromatic rings. The van der Waals surface area contributed by atoms with Gasteiger partial charge in [0.05, 0.1) is 13.2 Å². The second-order valence-electron chi connectivity index (χ2n) is 20.1. The number of phenols is 2. The molecule has 0 spiro atoms. The van der Waals surface area contributed by atoms with Gasteiger partial charge in [-0.25, -0.2) is 13.2 Å². The second-order valence-corrected chi connectivity index (χ2v) is 20.1. The minimum absolute atomic E-state index is 0.00960. The Bertz CT molecular complexity index is 3120. The summed E-state index contributed by atoms with van der Waals surface area (Å²) in [5.74, 6) is -1.31. The number of amides is 3. The average molecular weight is 1070 g/mol. The molecular weight excluding hydrogens is 1000 g/mol. The van der Waals surface area contributed by atoms with E-state index in [1.165, 1.54) is 72.8 Å². The Morgan fingerprint density at radius 3 is 0.974 bits per heavy atom. The number of halogens is 3. The number of aromatic hydroxyl groups is 2. The van der Waals surface area contributed by atoms with Crippen LogP contribution in [0.1, 0.15) is 97.5 Å². The first-order valence-electron chi connectivity index (χ1n) is 25.7. The van der Waals surface area contributed by atoms with Crippen molar-refractivity contribution >= 4 is 34.8 Å². The summed E-state index contributed by atoms with van der Waals surface area (Å²) in [6.45, 7) is 9.52. The number of hydrogen-bond donors (Lipinski definition) is 5. The SMILES string of the molecule is CCCOc1c2cc(NC(=O)COc3ccc(F)cc3)cc1Cc1cc(NC(=O)COc3ccc(F)cc3)cc(c1O)Cc1cc(C(C)(C)C)cc(c1OCCC)Cc1cc(NC(=O)COc3ccc(F)cc3)cc(c1O)C2. The first kappa shape index (κ1) is 55.6. The average Bonchev–Trinajstić information content (AvgIpc) is 3.44. The van der Waals surface area contributed by atoms with E-state index in [-0.39, 0.29) is 49.5 Å². The zero-order valence-corrected chi connectivity index (χ0v) is 44.1. The monoisotopic (exact) mass is 1070 g/mol. The molecule has 1 aliphatic carbocycles. The van der Waals surface area contributed by atoms with Gasteiger partial charge in [0.15, 0.2) is 19.8 Å². The van der Waals surface area contributed by atoms with Crippen LogP contribution in [0.4, 0.5) is 30.2 Å². The Labute approximate surface area is 451 Å². The molecule has 0 atom stereocenters. The highest BCUT2D eigenvalue weighted by atomic mass is 19.1. The van der Waals surface area contributed by atoms with Crippen molar-refractivity contribution in [1.29, 1.82) is 0 Å². The fraction of sp³-hybridized carbons (Fsp3) is 0.274. The van der Waals surface area contributed by atoms with E-state index < -0.39 is 60.4 Å². The molecule has 0 radical (unpaired) electrons. The maximum atomic E-state index is 13.7. The molecule has 0 aliphatic heterocycles. The lowest BCUT2D eigenvalue weighted by atomic mass is 9.82. The first-order chi connectivity index (χ1) is 37.4. The third kappa shape index (κ3) is 14.6. The van der Waals surface area contributed by atoms with Crippen molar-refractivity contribution in [2.75, 3.05) is 49.0 Å². The molecule has 13 nitrogen and oxygen atoms in total. The number of benzene rings is 7. The molecule has 0 saturated heterocycles. The van der Waals surface area contributed by atoms with Crippen LogP contribution in [0.5, 0.6) is 40.2 Å². The Kier molecular flexibility index (Phi) is 17.8. The summed E-state index contributed by atoms with van der Waals surface area (Å²) in [5, 5.41) is 33.9. The van der Waals surface area contributed by atoms with Crippen molar-refractivity contribution in [3.05, 3.63) is 189 Å². The highest BCUT2D eigenvalue weighted by Crippen LogP contribution is 2.43. The van der Waals surface area contributed by atoms with Gasteiger partial charge in [-0.15, -0.1) is 0 Å². The molecule has 0 heterocycles. The molecule has 0 fully saturated rings. The molecule has 1 aliphatic rings. The van der Waals surface area contributed by atoms with Gasteiger partial charge in [0.1, 0.15) is 57.7 Å². The molecule has 0 saturated carbocycles. The smallest absolute Gasteiger partial charge is 0.262 e. The quantitative estimate of drug-likeness (QED) is 0.0520. The fourth-order valence-electron chi connectivity index (χ4n) is 8.97. The van der Waals surface area contributed by atoms with Gasteiger partial charge < -0.3 is 49.8 Å². The van der Waals surface area contributed by atoms with E-state index >= 15 is 0 Å². The standard InChI is InChI=1S/C62H62F3N3O10/c1-6-20-74-60-41-22-37-28-49(66-55(69)34-76-52-14-8-46(63)9-15-52)30-39(58(37)72)24-43-32-51(68-57(71)36-78-54-18-12-48(65)13-19-54)33-44(61(43)75-21-7-2)25-40-31-50(67-56(70)35-77-53-16-10-47(64)11-17-53)29-38(59(40)73)23-42(60)27-45(26-41)62(3,4)5/h8-19,26-33,72-73H,6-7,20-25,34-36H2,1-5H3,(H,66,69)(H,67,70)(H,68,71). The van der Waals surface area contributed by atoms with Crippen LogP contribution in [0, 0.1) is 17.5 Å². The predicted molar refractivity (Wildman–Crippen MR) is 292 cm³/mol. The van der Waals surface area contributed by atoms with Gasteiger partial charge in [0, 0.05) is 76.1 Å². The van der Waals surface area contributed by atoms with Gasteiger partial charge in [0.25, 0.3) is 17.7 Å². The zero-order chi connectivity index (χ0) is 55.5. The van der Waals surface area contributed by atoms with Crippen molar-refractivity contribution in [1.82, 2.24) is 0 Å². The van der Waals surface area contributed by atoms with Crippen LogP contribution in [-0.2, 0) is 45.5 Å².